The van der Waals surface area contributed by atoms with Crippen molar-refractivity contribution in [2.75, 3.05) is 0 Å². The van der Waals surface area contributed by atoms with Crippen LogP contribution in [0.4, 0.5) is 0 Å². The Morgan fingerprint density at radius 1 is 0.920 bits per heavy atom. The number of carbonyl (C=O) groups excluding carboxylic acids is 1. The highest BCUT2D eigenvalue weighted by molar-refractivity contribution is 6.16. The van der Waals surface area contributed by atoms with Crippen LogP contribution in [0.25, 0.3) is 21.8 Å². The lowest BCUT2D eigenvalue weighted by Gasteiger charge is -2.18. The molecule has 4 aromatic rings. The molecule has 3 heterocycles. The van der Waals surface area contributed by atoms with E-state index in [2.05, 4.69) is 9.97 Å². The van der Waals surface area contributed by atoms with Crippen molar-refractivity contribution in [1.82, 2.24) is 19.9 Å². The normalized spacial score (nSPS) is 13.4. The summed E-state index contributed by atoms with van der Waals surface area (Å²) in [5.41, 5.74) is 4.31. The maximum atomic E-state index is 13.4. The van der Waals surface area contributed by atoms with Crippen LogP contribution in [0.1, 0.15) is 21.6 Å². The number of nitrogens with zero attached hydrogens (tertiary/aromatic N) is 4. The molecule has 1 aliphatic rings. The molecule has 0 spiro atoms. The average molecular weight is 326 g/mol. The number of benzene rings is 2. The predicted octanol–water partition coefficient (Wildman–Crippen LogP) is 3.33. The Morgan fingerprint density at radius 3 is 2.28 bits per heavy atom. The minimum absolute atomic E-state index is 0.00722. The number of hydrogen-bond donors (Lipinski definition) is 0. The molecule has 0 radical (unpaired) electrons. The number of para-hydroxylation sites is 2. The summed E-state index contributed by atoms with van der Waals surface area (Å²) in [7, 11) is 0. The lowest BCUT2D eigenvalue weighted by molar-refractivity contribution is 0.0754. The zero-order valence-corrected chi connectivity index (χ0v) is 13.4. The Morgan fingerprint density at radius 2 is 1.60 bits per heavy atom. The van der Waals surface area contributed by atoms with Crippen molar-refractivity contribution in [1.29, 1.82) is 0 Å². The molecule has 0 bridgehead atoms. The summed E-state index contributed by atoms with van der Waals surface area (Å²) in [6.45, 7) is 1.06. The highest BCUT2D eigenvalue weighted by Gasteiger charge is 2.27. The molecule has 0 saturated carbocycles. The van der Waals surface area contributed by atoms with Crippen LogP contribution in [-0.4, -0.2) is 25.8 Å². The van der Waals surface area contributed by atoms with Crippen molar-refractivity contribution in [2.45, 2.75) is 13.1 Å². The van der Waals surface area contributed by atoms with E-state index in [0.29, 0.717) is 18.7 Å². The summed E-state index contributed by atoms with van der Waals surface area (Å²) in [5, 5.41) is 1.77. The molecule has 0 aliphatic carbocycles. The molecule has 0 fully saturated rings. The number of carbonyl (C=O) groups is 1. The summed E-state index contributed by atoms with van der Waals surface area (Å²) in [6.07, 6.45) is 3.32. The minimum Gasteiger partial charge on any atom is -0.328 e. The predicted molar refractivity (Wildman–Crippen MR) is 94.9 cm³/mol. The minimum atomic E-state index is 0.00722. The Labute approximate surface area is 144 Å². The fraction of sp³-hybridized carbons (Fsp3) is 0.100. The molecule has 120 valence electrons. The van der Waals surface area contributed by atoms with Crippen LogP contribution >= 0.6 is 0 Å². The highest BCUT2D eigenvalue weighted by atomic mass is 16.2. The van der Waals surface area contributed by atoms with Crippen LogP contribution in [0.15, 0.2) is 61.1 Å². The van der Waals surface area contributed by atoms with Crippen LogP contribution in [0.3, 0.4) is 0 Å². The van der Waals surface area contributed by atoms with Gasteiger partial charge in [-0.05, 0) is 12.1 Å². The number of hydrogen-bond acceptors (Lipinski definition) is 4. The van der Waals surface area contributed by atoms with Gasteiger partial charge in [-0.2, -0.15) is 0 Å². The lowest BCUT2D eigenvalue weighted by atomic mass is 10.0. The van der Waals surface area contributed by atoms with Crippen molar-refractivity contribution < 1.29 is 4.79 Å². The van der Waals surface area contributed by atoms with Gasteiger partial charge in [-0.3, -0.25) is 4.79 Å². The molecule has 0 N–H and O–H groups in total. The number of fused-ring (bicyclic) bond motifs is 3. The van der Waals surface area contributed by atoms with Crippen molar-refractivity contribution in [3.8, 4) is 0 Å². The first-order valence-corrected chi connectivity index (χ1v) is 8.16. The number of pyridine rings is 1. The van der Waals surface area contributed by atoms with Crippen LogP contribution < -0.4 is 0 Å². The van der Waals surface area contributed by atoms with E-state index < -0.39 is 0 Å². The fourth-order valence-electron chi connectivity index (χ4n) is 3.47. The van der Waals surface area contributed by atoms with Gasteiger partial charge < -0.3 is 4.90 Å². The fourth-order valence-corrected chi connectivity index (χ4v) is 3.47. The van der Waals surface area contributed by atoms with Gasteiger partial charge in [0.1, 0.15) is 6.33 Å². The molecule has 0 saturated heterocycles. The van der Waals surface area contributed by atoms with Gasteiger partial charge in [-0.15, -0.1) is 0 Å². The second kappa shape index (κ2) is 5.34. The summed E-state index contributed by atoms with van der Waals surface area (Å²) >= 11 is 0. The third kappa shape index (κ3) is 2.16. The van der Waals surface area contributed by atoms with Crippen LogP contribution in [-0.2, 0) is 13.1 Å². The SMILES string of the molecule is O=C(c1c2ccccc2nc2ccccc12)N1Cc2cncnc2C1. The van der Waals surface area contributed by atoms with E-state index in [1.165, 1.54) is 6.33 Å². The van der Waals surface area contributed by atoms with Gasteiger partial charge in [0.25, 0.3) is 5.91 Å². The number of amides is 1. The third-order valence-corrected chi connectivity index (χ3v) is 4.67. The summed E-state index contributed by atoms with van der Waals surface area (Å²) in [6, 6.07) is 15.6. The quantitative estimate of drug-likeness (QED) is 0.503. The van der Waals surface area contributed by atoms with E-state index in [0.717, 1.165) is 33.1 Å². The monoisotopic (exact) mass is 326 g/mol. The Bertz CT molecular complexity index is 1060. The molecule has 5 rings (SSSR count). The molecular weight excluding hydrogens is 312 g/mol. The van der Waals surface area contributed by atoms with E-state index in [1.54, 1.807) is 6.20 Å². The molecular formula is C20H14N4O. The zero-order valence-electron chi connectivity index (χ0n) is 13.4. The molecule has 1 aliphatic heterocycles. The smallest absolute Gasteiger partial charge is 0.255 e. The van der Waals surface area contributed by atoms with Gasteiger partial charge in [0.2, 0.25) is 0 Å². The molecule has 5 nitrogen and oxygen atoms in total. The summed E-state index contributed by atoms with van der Waals surface area (Å²) < 4.78 is 0. The molecule has 0 atom stereocenters. The molecule has 1 amide bonds. The number of aromatic nitrogens is 3. The van der Waals surface area contributed by atoms with Crippen LogP contribution in [0.2, 0.25) is 0 Å². The first-order valence-electron chi connectivity index (χ1n) is 8.16. The van der Waals surface area contributed by atoms with E-state index in [-0.39, 0.29) is 5.91 Å². The number of rotatable bonds is 1. The lowest BCUT2D eigenvalue weighted by Crippen LogP contribution is -2.26. The first kappa shape index (κ1) is 14.0. The Balaban J connectivity index is 1.70. The zero-order chi connectivity index (χ0) is 16.8. The summed E-state index contributed by atoms with van der Waals surface area (Å²) in [4.78, 5) is 28.3. The van der Waals surface area contributed by atoms with E-state index in [9.17, 15) is 4.79 Å². The van der Waals surface area contributed by atoms with Gasteiger partial charge >= 0.3 is 0 Å². The standard InChI is InChI=1S/C20H14N4O/c25-20(24-10-13-9-21-12-22-18(13)11-24)19-14-5-1-3-7-16(14)23-17-8-4-2-6-15(17)19/h1-9,12H,10-11H2. The first-order chi connectivity index (χ1) is 12.3. The maximum absolute atomic E-state index is 13.4. The van der Waals surface area contributed by atoms with E-state index >= 15 is 0 Å². The highest BCUT2D eigenvalue weighted by Crippen LogP contribution is 2.29. The second-order valence-corrected chi connectivity index (χ2v) is 6.18. The largest absolute Gasteiger partial charge is 0.328 e. The second-order valence-electron chi connectivity index (χ2n) is 6.18. The van der Waals surface area contributed by atoms with Crippen LogP contribution in [0, 0.1) is 0 Å². The summed E-state index contributed by atoms with van der Waals surface area (Å²) in [5.74, 6) is 0.00722. The van der Waals surface area contributed by atoms with Gasteiger partial charge in [0.05, 0.1) is 28.8 Å². The Hall–Kier alpha value is -3.34. The van der Waals surface area contributed by atoms with Gasteiger partial charge in [-0.25, -0.2) is 15.0 Å². The van der Waals surface area contributed by atoms with Crippen molar-refractivity contribution >= 4 is 27.7 Å². The maximum Gasteiger partial charge on any atom is 0.255 e. The van der Waals surface area contributed by atoms with Gasteiger partial charge in [-0.1, -0.05) is 36.4 Å². The molecule has 25 heavy (non-hydrogen) atoms. The topological polar surface area (TPSA) is 59.0 Å². The van der Waals surface area contributed by atoms with E-state index in [1.807, 2.05) is 53.4 Å². The average Bonchev–Trinajstić information content (AvgIpc) is 3.10. The molecule has 2 aromatic carbocycles. The van der Waals surface area contributed by atoms with Gasteiger partial charge in [0, 0.05) is 29.1 Å². The van der Waals surface area contributed by atoms with E-state index in [4.69, 9.17) is 4.98 Å². The van der Waals surface area contributed by atoms with Crippen molar-refractivity contribution in [2.24, 2.45) is 0 Å². The Kier molecular flexibility index (Phi) is 3.00. The van der Waals surface area contributed by atoms with Gasteiger partial charge in [0.15, 0.2) is 0 Å². The molecule has 2 aromatic heterocycles. The molecule has 0 unspecified atom stereocenters. The molecule has 5 heteroatoms. The third-order valence-electron chi connectivity index (χ3n) is 4.67. The van der Waals surface area contributed by atoms with Crippen molar-refractivity contribution in [3.63, 3.8) is 0 Å². The van der Waals surface area contributed by atoms with Crippen molar-refractivity contribution in [3.05, 3.63) is 77.9 Å². The van der Waals surface area contributed by atoms with Crippen LogP contribution in [0.5, 0.6) is 0 Å².